The number of carbonyl (C=O) groups excluding carboxylic acids is 1. The van der Waals surface area contributed by atoms with Crippen LogP contribution in [0.15, 0.2) is 36.4 Å². The van der Waals surface area contributed by atoms with E-state index in [1.807, 2.05) is 12.1 Å². The molecule has 3 aliphatic rings. The van der Waals surface area contributed by atoms with Gasteiger partial charge in [-0.3, -0.25) is 0 Å². The minimum Gasteiger partial charge on any atom is -0.488 e. The van der Waals surface area contributed by atoms with Crippen LogP contribution >= 0.6 is 0 Å². The molecule has 3 fully saturated rings. The van der Waals surface area contributed by atoms with E-state index in [1.165, 1.54) is 18.2 Å². The molecule has 0 aromatic heterocycles. The van der Waals surface area contributed by atoms with Crippen LogP contribution in [0.2, 0.25) is 0 Å². The highest BCUT2D eigenvalue weighted by atomic mass is 19.1. The number of piperidine rings is 1. The third kappa shape index (κ3) is 4.16. The zero-order valence-corrected chi connectivity index (χ0v) is 20.4. The molecule has 5 rings (SSSR count). The van der Waals surface area contributed by atoms with Crippen molar-refractivity contribution in [3.05, 3.63) is 59.2 Å². The Hall–Kier alpha value is -2.63. The number of benzene rings is 2. The number of halogens is 2. The molecule has 1 heterocycles. The molecule has 3 atom stereocenters. The minimum absolute atomic E-state index is 0.0322. The normalized spacial score (nSPS) is 26.1. The third-order valence-corrected chi connectivity index (χ3v) is 7.52. The van der Waals surface area contributed by atoms with Crippen LogP contribution in [0.3, 0.4) is 0 Å². The molecule has 4 nitrogen and oxygen atoms in total. The molecular weight excluding hydrogens is 436 g/mol. The van der Waals surface area contributed by atoms with E-state index < -0.39 is 17.4 Å². The van der Waals surface area contributed by atoms with Crippen molar-refractivity contribution >= 4 is 11.7 Å². The first-order valence-electron chi connectivity index (χ1n) is 12.4. The molecule has 0 N–H and O–H groups in total. The van der Waals surface area contributed by atoms with Crippen LogP contribution in [0.4, 0.5) is 14.5 Å². The first-order chi connectivity index (χ1) is 16.1. The molecule has 6 heteroatoms. The predicted molar refractivity (Wildman–Crippen MR) is 127 cm³/mol. The summed E-state index contributed by atoms with van der Waals surface area (Å²) >= 11 is 0. The molecule has 2 aromatic rings. The topological polar surface area (TPSA) is 38.8 Å². The van der Waals surface area contributed by atoms with Gasteiger partial charge in [0.15, 0.2) is 0 Å². The Kier molecular flexibility index (Phi) is 5.61. The van der Waals surface area contributed by atoms with Crippen LogP contribution in [-0.2, 0) is 4.74 Å². The van der Waals surface area contributed by atoms with E-state index in [0.29, 0.717) is 11.7 Å². The van der Waals surface area contributed by atoms with Gasteiger partial charge in [-0.2, -0.15) is 0 Å². The first-order valence-corrected chi connectivity index (χ1v) is 12.4. The number of anilines is 1. The van der Waals surface area contributed by atoms with Gasteiger partial charge in [0.1, 0.15) is 29.1 Å². The van der Waals surface area contributed by atoms with E-state index >= 15 is 4.39 Å². The van der Waals surface area contributed by atoms with Gasteiger partial charge in [0.05, 0.1) is 11.1 Å². The largest absolute Gasteiger partial charge is 0.488 e. The molecule has 2 aromatic carbocycles. The highest BCUT2D eigenvalue weighted by Crippen LogP contribution is 2.53. The fourth-order valence-electron chi connectivity index (χ4n) is 5.83. The van der Waals surface area contributed by atoms with Crippen molar-refractivity contribution in [2.75, 3.05) is 11.4 Å². The summed E-state index contributed by atoms with van der Waals surface area (Å²) in [7, 11) is 0. The zero-order chi connectivity index (χ0) is 24.3. The van der Waals surface area contributed by atoms with Crippen molar-refractivity contribution in [3.8, 4) is 5.75 Å². The van der Waals surface area contributed by atoms with E-state index in [2.05, 4.69) is 11.8 Å². The monoisotopic (exact) mass is 469 g/mol. The average Bonchev–Trinajstić information content (AvgIpc) is 3.46. The number of hydrogen-bond acceptors (Lipinski definition) is 4. The molecule has 182 valence electrons. The van der Waals surface area contributed by atoms with Gasteiger partial charge in [0.2, 0.25) is 0 Å². The standard InChI is InChI=1S/C28H33F2NO3/c1-5-28-15-17(16-31(28)20-10-8-19(29)9-11-20)12-25(28)33-24-14-23(30)22(13-21(24)18-6-7-18)26(32)34-27(2,3)4/h8-11,13-14,17-18,25H,5-7,12,15-16H2,1-4H3/t17-,25-,28-/m1/s1. The third-order valence-electron chi connectivity index (χ3n) is 7.52. The maximum atomic E-state index is 15.1. The molecule has 0 spiro atoms. The van der Waals surface area contributed by atoms with E-state index in [9.17, 15) is 9.18 Å². The van der Waals surface area contributed by atoms with Crippen molar-refractivity contribution in [3.63, 3.8) is 0 Å². The second kappa shape index (κ2) is 8.24. The van der Waals surface area contributed by atoms with Gasteiger partial charge in [0, 0.05) is 18.3 Å². The van der Waals surface area contributed by atoms with Crippen LogP contribution in [0.5, 0.6) is 5.75 Å². The number of ether oxygens (including phenoxy) is 2. The molecule has 0 radical (unpaired) electrons. The first kappa shape index (κ1) is 23.1. The second-order valence-corrected chi connectivity index (χ2v) is 11.1. The van der Waals surface area contributed by atoms with E-state index in [4.69, 9.17) is 9.47 Å². The lowest BCUT2D eigenvalue weighted by molar-refractivity contribution is 0.00644. The molecule has 1 saturated heterocycles. The fourth-order valence-corrected chi connectivity index (χ4v) is 5.83. The highest BCUT2D eigenvalue weighted by molar-refractivity contribution is 5.90. The Morgan fingerprint density at radius 2 is 1.85 bits per heavy atom. The SMILES string of the molecule is CC[C@@]12C[C@@H](C[C@H]1Oc1cc(F)c(C(=O)OC(C)(C)C)cc1C1CC1)CN2c1ccc(F)cc1. The Bertz CT molecular complexity index is 1090. The van der Waals surface area contributed by atoms with Gasteiger partial charge in [-0.15, -0.1) is 0 Å². The van der Waals surface area contributed by atoms with Gasteiger partial charge in [0.25, 0.3) is 0 Å². The van der Waals surface area contributed by atoms with Gasteiger partial charge >= 0.3 is 5.97 Å². The minimum atomic E-state index is -0.696. The van der Waals surface area contributed by atoms with Gasteiger partial charge in [-0.25, -0.2) is 13.6 Å². The van der Waals surface area contributed by atoms with Gasteiger partial charge in [-0.05, 0) is 101 Å². The lowest BCUT2D eigenvalue weighted by Gasteiger charge is -2.45. The Balaban J connectivity index is 1.45. The van der Waals surface area contributed by atoms with Crippen molar-refractivity contribution in [2.24, 2.45) is 5.92 Å². The van der Waals surface area contributed by atoms with Crippen LogP contribution in [0.1, 0.15) is 81.6 Å². The number of fused-ring (bicyclic) bond motifs is 2. The van der Waals surface area contributed by atoms with Crippen molar-refractivity contribution < 1.29 is 23.0 Å². The molecule has 2 aliphatic carbocycles. The van der Waals surface area contributed by atoms with E-state index in [0.717, 1.165) is 49.9 Å². The summed E-state index contributed by atoms with van der Waals surface area (Å²) < 4.78 is 40.7. The van der Waals surface area contributed by atoms with Crippen molar-refractivity contribution in [1.82, 2.24) is 0 Å². The molecule has 1 aliphatic heterocycles. The van der Waals surface area contributed by atoms with Crippen LogP contribution in [-0.4, -0.2) is 29.8 Å². The second-order valence-electron chi connectivity index (χ2n) is 11.1. The molecule has 0 amide bonds. The molecular formula is C28H33F2NO3. The van der Waals surface area contributed by atoms with Gasteiger partial charge < -0.3 is 14.4 Å². The molecule has 2 saturated carbocycles. The highest BCUT2D eigenvalue weighted by Gasteiger charge is 2.57. The summed E-state index contributed by atoms with van der Waals surface area (Å²) in [5, 5.41) is 0. The number of rotatable bonds is 6. The molecule has 2 bridgehead atoms. The number of nitrogens with zero attached hydrogens (tertiary/aromatic N) is 1. The maximum Gasteiger partial charge on any atom is 0.341 e. The summed E-state index contributed by atoms with van der Waals surface area (Å²) in [5.74, 6) is -0.215. The smallest absolute Gasteiger partial charge is 0.341 e. The number of esters is 1. The number of carbonyl (C=O) groups is 1. The molecule has 34 heavy (non-hydrogen) atoms. The average molecular weight is 470 g/mol. The van der Waals surface area contributed by atoms with Gasteiger partial charge in [-0.1, -0.05) is 6.92 Å². The lowest BCUT2D eigenvalue weighted by atomic mass is 9.89. The molecule has 0 unspecified atom stereocenters. The zero-order valence-electron chi connectivity index (χ0n) is 20.4. The quantitative estimate of drug-likeness (QED) is 0.446. The van der Waals surface area contributed by atoms with E-state index in [-0.39, 0.29) is 28.9 Å². The lowest BCUT2D eigenvalue weighted by Crippen LogP contribution is -2.55. The summed E-state index contributed by atoms with van der Waals surface area (Å²) in [6, 6.07) is 9.67. The van der Waals surface area contributed by atoms with E-state index in [1.54, 1.807) is 26.8 Å². The summed E-state index contributed by atoms with van der Waals surface area (Å²) in [6.45, 7) is 8.40. The van der Waals surface area contributed by atoms with Crippen LogP contribution in [0.25, 0.3) is 0 Å². The predicted octanol–water partition coefficient (Wildman–Crippen LogP) is 6.62. The van der Waals surface area contributed by atoms with Crippen molar-refractivity contribution in [1.29, 1.82) is 0 Å². The maximum absolute atomic E-state index is 15.1. The summed E-state index contributed by atoms with van der Waals surface area (Å²) in [4.78, 5) is 15.0. The Morgan fingerprint density at radius 3 is 2.47 bits per heavy atom. The van der Waals surface area contributed by atoms with Crippen LogP contribution < -0.4 is 9.64 Å². The van der Waals surface area contributed by atoms with Crippen LogP contribution in [0, 0.1) is 17.6 Å². The fraction of sp³-hybridized carbons (Fsp3) is 0.536. The number of hydrogen-bond donors (Lipinski definition) is 0. The van der Waals surface area contributed by atoms with Crippen molar-refractivity contribution in [2.45, 2.75) is 83.0 Å². The Morgan fingerprint density at radius 1 is 1.15 bits per heavy atom. The summed E-state index contributed by atoms with van der Waals surface area (Å²) in [6.07, 6.45) is 4.69. The summed E-state index contributed by atoms with van der Waals surface area (Å²) in [5.41, 5.74) is 0.940. The Labute approximate surface area is 200 Å².